The molecule has 11 heteroatoms. The average Bonchev–Trinajstić information content (AvgIpc) is 3.41. The molecule has 0 aromatic heterocycles. The lowest BCUT2D eigenvalue weighted by Gasteiger charge is -2.37. The zero-order chi connectivity index (χ0) is 22.1. The summed E-state index contributed by atoms with van der Waals surface area (Å²) in [6.07, 6.45) is 2.31. The Hall–Kier alpha value is -1.53. The van der Waals surface area contributed by atoms with Crippen LogP contribution < -0.4 is 4.72 Å². The lowest BCUT2D eigenvalue weighted by molar-refractivity contribution is 0.0587. The van der Waals surface area contributed by atoms with Gasteiger partial charge in [0.1, 0.15) is 0 Å². The van der Waals surface area contributed by atoms with Gasteiger partial charge in [0.05, 0.1) is 22.5 Å². The highest BCUT2D eigenvalue weighted by Gasteiger charge is 2.34. The van der Waals surface area contributed by atoms with Gasteiger partial charge >= 0.3 is 0 Å². The number of amides is 1. The van der Waals surface area contributed by atoms with Crippen LogP contribution in [0.15, 0.2) is 29.2 Å². The fraction of sp³-hybridized carbons (Fsp3) is 0.650. The third-order valence-electron chi connectivity index (χ3n) is 6.24. The number of benzene rings is 1. The molecule has 1 N–H and O–H groups in total. The third kappa shape index (κ3) is 5.46. The van der Waals surface area contributed by atoms with Crippen molar-refractivity contribution in [3.8, 4) is 0 Å². The van der Waals surface area contributed by atoms with Crippen molar-refractivity contribution < 1.29 is 26.4 Å². The third-order valence-corrected chi connectivity index (χ3v) is 9.41. The number of carbonyl (C=O) groups is 1. The molecule has 3 aliphatic heterocycles. The van der Waals surface area contributed by atoms with Crippen LogP contribution in [0.25, 0.3) is 0 Å². The molecule has 0 spiro atoms. The minimum Gasteiger partial charge on any atom is -0.377 e. The predicted molar refractivity (Wildman–Crippen MR) is 115 cm³/mol. The lowest BCUT2D eigenvalue weighted by Crippen LogP contribution is -2.52. The van der Waals surface area contributed by atoms with Crippen LogP contribution in [-0.2, 0) is 24.6 Å². The van der Waals surface area contributed by atoms with Crippen LogP contribution in [-0.4, -0.2) is 95.5 Å². The molecular formula is C20H29N3O6S2. The second kappa shape index (κ2) is 9.14. The number of hydrogen-bond acceptors (Lipinski definition) is 7. The molecule has 0 aliphatic carbocycles. The van der Waals surface area contributed by atoms with E-state index in [2.05, 4.69) is 9.62 Å². The number of piperazine rings is 1. The van der Waals surface area contributed by atoms with Gasteiger partial charge < -0.3 is 9.64 Å². The molecule has 172 valence electrons. The number of carbonyl (C=O) groups excluding carboxylic acids is 1. The van der Waals surface area contributed by atoms with Gasteiger partial charge in [0.15, 0.2) is 9.84 Å². The van der Waals surface area contributed by atoms with Crippen molar-refractivity contribution in [1.82, 2.24) is 14.5 Å². The van der Waals surface area contributed by atoms with E-state index in [9.17, 15) is 21.6 Å². The zero-order valence-corrected chi connectivity index (χ0v) is 19.0. The van der Waals surface area contributed by atoms with Crippen LogP contribution in [0.2, 0.25) is 0 Å². The molecule has 0 unspecified atom stereocenters. The van der Waals surface area contributed by atoms with E-state index in [0.29, 0.717) is 44.8 Å². The van der Waals surface area contributed by atoms with E-state index in [4.69, 9.17) is 4.74 Å². The van der Waals surface area contributed by atoms with Crippen LogP contribution in [0.4, 0.5) is 0 Å². The van der Waals surface area contributed by atoms with E-state index in [0.717, 1.165) is 12.8 Å². The first-order valence-corrected chi connectivity index (χ1v) is 14.0. The maximum absolute atomic E-state index is 13.0. The van der Waals surface area contributed by atoms with Gasteiger partial charge in [-0.2, -0.15) is 0 Å². The summed E-state index contributed by atoms with van der Waals surface area (Å²) in [5, 5.41) is 0. The van der Waals surface area contributed by atoms with Crippen molar-refractivity contribution in [1.29, 1.82) is 0 Å². The number of hydrogen-bond donors (Lipinski definition) is 1. The van der Waals surface area contributed by atoms with Crippen molar-refractivity contribution >= 4 is 25.8 Å². The molecule has 3 heterocycles. The molecule has 9 nitrogen and oxygen atoms in total. The molecule has 1 aromatic carbocycles. The van der Waals surface area contributed by atoms with Crippen molar-refractivity contribution in [2.24, 2.45) is 0 Å². The van der Waals surface area contributed by atoms with Gasteiger partial charge in [0, 0.05) is 50.9 Å². The number of nitrogens with one attached hydrogen (secondary N) is 1. The first-order valence-electron chi connectivity index (χ1n) is 10.7. The van der Waals surface area contributed by atoms with E-state index >= 15 is 0 Å². The molecule has 4 rings (SSSR count). The highest BCUT2D eigenvalue weighted by molar-refractivity contribution is 7.91. The van der Waals surface area contributed by atoms with E-state index in [1.165, 1.54) is 12.1 Å². The van der Waals surface area contributed by atoms with Gasteiger partial charge in [-0.05, 0) is 37.5 Å². The monoisotopic (exact) mass is 471 g/mol. The number of sulfonamides is 1. The molecule has 3 saturated heterocycles. The summed E-state index contributed by atoms with van der Waals surface area (Å²) in [6, 6.07) is 6.12. The molecular weight excluding hydrogens is 442 g/mol. The molecule has 0 bridgehead atoms. The zero-order valence-electron chi connectivity index (χ0n) is 17.4. The summed E-state index contributed by atoms with van der Waals surface area (Å²) in [6.45, 7) is 3.09. The van der Waals surface area contributed by atoms with Gasteiger partial charge in [0.25, 0.3) is 5.91 Å². The summed E-state index contributed by atoms with van der Waals surface area (Å²) in [4.78, 5) is 16.9. The summed E-state index contributed by atoms with van der Waals surface area (Å²) in [7, 11) is -6.67. The molecule has 1 amide bonds. The van der Waals surface area contributed by atoms with Gasteiger partial charge in [-0.1, -0.05) is 6.07 Å². The minimum atomic E-state index is -3.73. The smallest absolute Gasteiger partial charge is 0.253 e. The molecule has 1 aromatic rings. The molecule has 3 aliphatic rings. The number of rotatable bonds is 6. The number of ether oxygens (including phenoxy) is 1. The summed E-state index contributed by atoms with van der Waals surface area (Å²) in [5.41, 5.74) is 0.330. The van der Waals surface area contributed by atoms with Gasteiger partial charge in [-0.15, -0.1) is 0 Å². The molecule has 0 radical (unpaired) electrons. The SMILES string of the molecule is O=C(c1cccc(S(=O)(=O)NC[C@@H]2CCCO2)c1)N1CCN([C@@H]2CCS(=O)(=O)C2)CC1. The molecule has 0 saturated carbocycles. The van der Waals surface area contributed by atoms with Crippen LogP contribution >= 0.6 is 0 Å². The Morgan fingerprint density at radius 1 is 1.16 bits per heavy atom. The van der Waals surface area contributed by atoms with Crippen molar-refractivity contribution in [2.45, 2.75) is 36.3 Å². The van der Waals surface area contributed by atoms with Crippen molar-refractivity contribution in [3.05, 3.63) is 29.8 Å². The highest BCUT2D eigenvalue weighted by Crippen LogP contribution is 2.21. The minimum absolute atomic E-state index is 0.0330. The van der Waals surface area contributed by atoms with E-state index in [1.807, 2.05) is 0 Å². The number of nitrogens with zero attached hydrogens (tertiary/aromatic N) is 2. The normalized spacial score (nSPS) is 26.9. The quantitative estimate of drug-likeness (QED) is 0.626. The van der Waals surface area contributed by atoms with Crippen LogP contribution in [0.5, 0.6) is 0 Å². The highest BCUT2D eigenvalue weighted by atomic mass is 32.2. The first-order chi connectivity index (χ1) is 14.7. The Balaban J connectivity index is 1.36. The Morgan fingerprint density at radius 3 is 2.58 bits per heavy atom. The topological polar surface area (TPSA) is 113 Å². The Kier molecular flexibility index (Phi) is 6.68. The summed E-state index contributed by atoms with van der Waals surface area (Å²) in [5.74, 6) is 0.216. The summed E-state index contributed by atoms with van der Waals surface area (Å²) >= 11 is 0. The lowest BCUT2D eigenvalue weighted by atomic mass is 10.1. The Morgan fingerprint density at radius 2 is 1.94 bits per heavy atom. The van der Waals surface area contributed by atoms with E-state index in [-0.39, 0.29) is 41.0 Å². The number of sulfone groups is 1. The van der Waals surface area contributed by atoms with E-state index in [1.54, 1.807) is 17.0 Å². The van der Waals surface area contributed by atoms with Gasteiger partial charge in [-0.3, -0.25) is 9.69 Å². The van der Waals surface area contributed by atoms with Crippen LogP contribution in [0, 0.1) is 0 Å². The second-order valence-corrected chi connectivity index (χ2v) is 12.4. The molecule has 31 heavy (non-hydrogen) atoms. The van der Waals surface area contributed by atoms with Crippen molar-refractivity contribution in [3.63, 3.8) is 0 Å². The standard InChI is InChI=1S/C20H29N3O6S2/c24-20(23-9-7-22(8-10-23)17-6-12-30(25,26)15-17)16-3-1-5-19(13-16)31(27,28)21-14-18-4-2-11-29-18/h1,3,5,13,17-18,21H,2,4,6-12,14-15H2/t17-,18+/m1/s1. The maximum atomic E-state index is 13.0. The first kappa shape index (κ1) is 22.7. The van der Waals surface area contributed by atoms with Crippen molar-refractivity contribution in [2.75, 3.05) is 50.8 Å². The fourth-order valence-electron chi connectivity index (χ4n) is 4.42. The van der Waals surface area contributed by atoms with Crippen LogP contribution in [0.3, 0.4) is 0 Å². The molecule has 3 fully saturated rings. The maximum Gasteiger partial charge on any atom is 0.253 e. The largest absolute Gasteiger partial charge is 0.377 e. The average molecular weight is 472 g/mol. The second-order valence-electron chi connectivity index (χ2n) is 8.40. The van der Waals surface area contributed by atoms with Crippen LogP contribution in [0.1, 0.15) is 29.6 Å². The van der Waals surface area contributed by atoms with Gasteiger partial charge in [-0.25, -0.2) is 21.6 Å². The van der Waals surface area contributed by atoms with Gasteiger partial charge in [0.2, 0.25) is 10.0 Å². The van der Waals surface area contributed by atoms with E-state index < -0.39 is 19.9 Å². The Bertz CT molecular complexity index is 1010. The summed E-state index contributed by atoms with van der Waals surface area (Å²) < 4.78 is 56.7. The predicted octanol–water partition coefficient (Wildman–Crippen LogP) is 0.0888. The molecule has 2 atom stereocenters. The fourth-order valence-corrected chi connectivity index (χ4v) is 7.30. The Labute approximate surface area is 183 Å².